The van der Waals surface area contributed by atoms with Gasteiger partial charge in [-0.3, -0.25) is 4.90 Å². The number of fused-ring (bicyclic) bond motifs is 3. The smallest absolute Gasteiger partial charge is 0.410 e. The third kappa shape index (κ3) is 2.04. The number of carbonyl (C=O) groups excluding carboxylic acids is 1. The summed E-state index contributed by atoms with van der Waals surface area (Å²) in [7, 11) is 5.84. The number of likely N-dealkylation sites (N-methyl/N-ethyl adjacent to an activating group) is 2. The van der Waals surface area contributed by atoms with Gasteiger partial charge in [0.25, 0.3) is 0 Å². The largest absolute Gasteiger partial charge is 0.412 e. The van der Waals surface area contributed by atoms with Crippen LogP contribution in [0, 0.1) is 0 Å². The van der Waals surface area contributed by atoms with Crippen molar-refractivity contribution in [2.24, 2.45) is 0 Å². The summed E-state index contributed by atoms with van der Waals surface area (Å²) in [5.74, 6) is 0.574. The molecule has 2 aliphatic heterocycles. The highest BCUT2D eigenvalue weighted by atomic mass is 79.9. The first-order chi connectivity index (χ1) is 9.88. The van der Waals surface area contributed by atoms with E-state index in [1.165, 1.54) is 11.3 Å². The van der Waals surface area contributed by atoms with E-state index in [0.29, 0.717) is 11.9 Å². The summed E-state index contributed by atoms with van der Waals surface area (Å²) in [5, 5.41) is 2.48. The number of nitrogens with one attached hydrogen (secondary N) is 1. The van der Waals surface area contributed by atoms with Crippen LogP contribution in [0.2, 0.25) is 0 Å². The zero-order valence-corrected chi connectivity index (χ0v) is 14.3. The molecular formula is C15H20BrN3O2. The van der Waals surface area contributed by atoms with E-state index in [4.69, 9.17) is 4.74 Å². The maximum absolute atomic E-state index is 11.4. The van der Waals surface area contributed by atoms with Gasteiger partial charge in [0.2, 0.25) is 0 Å². The summed E-state index contributed by atoms with van der Waals surface area (Å²) in [6.45, 7) is 3.36. The maximum atomic E-state index is 11.4. The highest BCUT2D eigenvalue weighted by Gasteiger charge is 2.53. The molecule has 1 aromatic rings. The fourth-order valence-electron chi connectivity index (χ4n) is 3.85. The molecule has 0 spiro atoms. The second-order valence-corrected chi connectivity index (χ2v) is 6.93. The molecule has 1 saturated heterocycles. The second kappa shape index (κ2) is 4.88. The van der Waals surface area contributed by atoms with Crippen LogP contribution in [0.3, 0.4) is 0 Å². The molecule has 2 atom stereocenters. The average molecular weight is 354 g/mol. The molecule has 1 N–H and O–H groups in total. The number of benzene rings is 1. The second-order valence-electron chi connectivity index (χ2n) is 6.07. The van der Waals surface area contributed by atoms with Crippen molar-refractivity contribution in [3.05, 3.63) is 22.2 Å². The Morgan fingerprint density at radius 3 is 2.86 bits per heavy atom. The topological polar surface area (TPSA) is 44.8 Å². The first kappa shape index (κ1) is 14.7. The first-order valence-electron chi connectivity index (χ1n) is 7.05. The van der Waals surface area contributed by atoms with E-state index in [0.717, 1.165) is 17.4 Å². The van der Waals surface area contributed by atoms with E-state index in [2.05, 4.69) is 52.1 Å². The predicted octanol–water partition coefficient (Wildman–Crippen LogP) is 2.54. The minimum atomic E-state index is -0.446. The SMILES string of the molecule is CNC(=O)Oc1cc(Br)c2c(c1)C1(C)CCN(C)C1N2C. The lowest BCUT2D eigenvalue weighted by atomic mass is 9.81. The molecule has 0 aliphatic carbocycles. The van der Waals surface area contributed by atoms with Crippen molar-refractivity contribution in [1.82, 2.24) is 10.2 Å². The van der Waals surface area contributed by atoms with E-state index in [1.54, 1.807) is 7.05 Å². The summed E-state index contributed by atoms with van der Waals surface area (Å²) >= 11 is 3.63. The first-order valence-corrected chi connectivity index (χ1v) is 7.84. The van der Waals surface area contributed by atoms with Gasteiger partial charge in [0, 0.05) is 30.5 Å². The molecule has 0 aromatic heterocycles. The molecule has 0 saturated carbocycles. The number of nitrogens with zero attached hydrogens (tertiary/aromatic N) is 2. The summed E-state index contributed by atoms with van der Waals surface area (Å²) in [6.07, 6.45) is 0.999. The van der Waals surface area contributed by atoms with Crippen molar-refractivity contribution < 1.29 is 9.53 Å². The highest BCUT2D eigenvalue weighted by Crippen LogP contribution is 2.54. The van der Waals surface area contributed by atoms with Gasteiger partial charge in [0.05, 0.1) is 11.9 Å². The van der Waals surface area contributed by atoms with Gasteiger partial charge in [-0.25, -0.2) is 4.79 Å². The van der Waals surface area contributed by atoms with Crippen LogP contribution in [-0.4, -0.2) is 44.8 Å². The van der Waals surface area contributed by atoms with E-state index in [9.17, 15) is 4.79 Å². The molecule has 3 rings (SSSR count). The lowest BCUT2D eigenvalue weighted by Gasteiger charge is -2.32. The van der Waals surface area contributed by atoms with Crippen LogP contribution in [0.25, 0.3) is 0 Å². The number of rotatable bonds is 1. The Labute approximate surface area is 133 Å². The number of carbonyl (C=O) groups is 1. The zero-order valence-electron chi connectivity index (χ0n) is 12.7. The van der Waals surface area contributed by atoms with E-state index >= 15 is 0 Å². The Morgan fingerprint density at radius 2 is 2.19 bits per heavy atom. The predicted molar refractivity (Wildman–Crippen MR) is 86.0 cm³/mol. The molecule has 2 aliphatic rings. The Bertz CT molecular complexity index is 607. The van der Waals surface area contributed by atoms with E-state index < -0.39 is 6.09 Å². The van der Waals surface area contributed by atoms with Crippen molar-refractivity contribution >= 4 is 27.7 Å². The lowest BCUT2D eigenvalue weighted by Crippen LogP contribution is -2.45. The van der Waals surface area contributed by atoms with Crippen molar-refractivity contribution in [2.75, 3.05) is 32.6 Å². The Morgan fingerprint density at radius 1 is 1.48 bits per heavy atom. The van der Waals surface area contributed by atoms with Gasteiger partial charge in [-0.05, 0) is 47.1 Å². The highest BCUT2D eigenvalue weighted by molar-refractivity contribution is 9.10. The number of amides is 1. The summed E-state index contributed by atoms with van der Waals surface area (Å²) in [5.41, 5.74) is 2.49. The van der Waals surface area contributed by atoms with Gasteiger partial charge in [0.15, 0.2) is 0 Å². The molecule has 5 nitrogen and oxygen atoms in total. The van der Waals surface area contributed by atoms with Crippen LogP contribution in [0.5, 0.6) is 5.75 Å². The molecule has 21 heavy (non-hydrogen) atoms. The van der Waals surface area contributed by atoms with Gasteiger partial charge in [-0.2, -0.15) is 0 Å². The third-order valence-corrected chi connectivity index (χ3v) is 5.36. The van der Waals surface area contributed by atoms with Gasteiger partial charge in [-0.1, -0.05) is 6.92 Å². The molecule has 0 radical (unpaired) electrons. The quantitative estimate of drug-likeness (QED) is 0.842. The molecule has 6 heteroatoms. The number of ether oxygens (including phenoxy) is 1. The van der Waals surface area contributed by atoms with Crippen molar-refractivity contribution in [2.45, 2.75) is 24.9 Å². The van der Waals surface area contributed by atoms with Crippen LogP contribution in [0.1, 0.15) is 18.9 Å². The normalized spacial score (nSPS) is 27.5. The zero-order chi connectivity index (χ0) is 15.4. The van der Waals surface area contributed by atoms with E-state index in [1.807, 2.05) is 12.1 Å². The maximum Gasteiger partial charge on any atom is 0.412 e. The van der Waals surface area contributed by atoms with Gasteiger partial charge in [-0.15, -0.1) is 0 Å². The molecule has 1 aromatic carbocycles. The molecule has 1 fully saturated rings. The standard InChI is InChI=1S/C15H20BrN3O2/c1-15-5-6-18(3)13(15)19(4)12-10(15)7-9(8-11(12)16)21-14(20)17-2/h7-8,13H,5-6H2,1-4H3,(H,17,20). The number of hydrogen-bond acceptors (Lipinski definition) is 4. The van der Waals surface area contributed by atoms with Gasteiger partial charge >= 0.3 is 6.09 Å². The molecule has 2 heterocycles. The van der Waals surface area contributed by atoms with Crippen LogP contribution < -0.4 is 15.0 Å². The summed E-state index contributed by atoms with van der Waals surface area (Å²) < 4.78 is 6.28. The molecule has 0 bridgehead atoms. The minimum Gasteiger partial charge on any atom is -0.410 e. The summed E-state index contributed by atoms with van der Waals surface area (Å²) in [4.78, 5) is 16.1. The Balaban J connectivity index is 2.08. The lowest BCUT2D eigenvalue weighted by molar-refractivity contribution is 0.203. The fourth-order valence-corrected chi connectivity index (χ4v) is 4.57. The van der Waals surface area contributed by atoms with Gasteiger partial charge < -0.3 is 15.0 Å². The van der Waals surface area contributed by atoms with Crippen molar-refractivity contribution in [3.8, 4) is 5.75 Å². The van der Waals surface area contributed by atoms with Crippen LogP contribution in [-0.2, 0) is 5.41 Å². The van der Waals surface area contributed by atoms with Crippen LogP contribution >= 0.6 is 15.9 Å². The molecule has 1 amide bonds. The molecule has 2 unspecified atom stereocenters. The Kier molecular flexibility index (Phi) is 3.41. The van der Waals surface area contributed by atoms with E-state index in [-0.39, 0.29) is 5.41 Å². The third-order valence-electron chi connectivity index (χ3n) is 4.76. The summed E-state index contributed by atoms with van der Waals surface area (Å²) in [6, 6.07) is 3.86. The van der Waals surface area contributed by atoms with Crippen molar-refractivity contribution in [1.29, 1.82) is 0 Å². The number of halogens is 1. The number of anilines is 1. The fraction of sp³-hybridized carbons (Fsp3) is 0.533. The van der Waals surface area contributed by atoms with Gasteiger partial charge in [0.1, 0.15) is 5.75 Å². The molecular weight excluding hydrogens is 334 g/mol. The van der Waals surface area contributed by atoms with Crippen LogP contribution in [0.4, 0.5) is 10.5 Å². The Hall–Kier alpha value is -1.27. The monoisotopic (exact) mass is 353 g/mol. The average Bonchev–Trinajstić information content (AvgIpc) is 2.84. The number of likely N-dealkylation sites (tertiary alicyclic amines) is 1. The number of hydrogen-bond donors (Lipinski definition) is 1. The van der Waals surface area contributed by atoms with Crippen molar-refractivity contribution in [3.63, 3.8) is 0 Å². The minimum absolute atomic E-state index is 0.0589. The molecule has 114 valence electrons. The van der Waals surface area contributed by atoms with Crippen LogP contribution in [0.15, 0.2) is 16.6 Å².